The van der Waals surface area contributed by atoms with Gasteiger partial charge in [0.25, 0.3) is 0 Å². The Labute approximate surface area is 84.7 Å². The molecule has 1 aromatic heterocycles. The van der Waals surface area contributed by atoms with Crippen LogP contribution in [0.1, 0.15) is 23.3 Å². The maximum Gasteiger partial charge on any atom is 0.365 e. The van der Waals surface area contributed by atoms with Crippen molar-refractivity contribution in [2.24, 2.45) is 0 Å². The highest BCUT2D eigenvalue weighted by atomic mass is 32.1. The molecule has 0 saturated carbocycles. The van der Waals surface area contributed by atoms with E-state index in [1.807, 2.05) is 5.38 Å². The number of carboxylic acid groups (broad SMARTS) is 1. The Morgan fingerprint density at radius 1 is 1.50 bits per heavy atom. The molecule has 0 saturated heterocycles. The summed E-state index contributed by atoms with van der Waals surface area (Å²) in [6, 6.07) is 1.80. The lowest BCUT2D eigenvalue weighted by atomic mass is 9.93. The van der Waals surface area contributed by atoms with Gasteiger partial charge in [0.15, 0.2) is 0 Å². The van der Waals surface area contributed by atoms with Crippen LogP contribution in [0.4, 0.5) is 4.39 Å². The van der Waals surface area contributed by atoms with Crippen molar-refractivity contribution in [1.29, 1.82) is 0 Å². The molecular formula is C10H9FO2S. The molecule has 1 aliphatic carbocycles. The maximum atomic E-state index is 13.3. The van der Waals surface area contributed by atoms with Gasteiger partial charge in [0.05, 0.1) is 0 Å². The Hall–Kier alpha value is -1.16. The van der Waals surface area contributed by atoms with E-state index in [4.69, 9.17) is 5.11 Å². The summed E-state index contributed by atoms with van der Waals surface area (Å²) in [5, 5.41) is 10.4. The van der Waals surface area contributed by atoms with Crippen molar-refractivity contribution in [3.63, 3.8) is 0 Å². The first-order valence-corrected chi connectivity index (χ1v) is 5.27. The third-order valence-corrected chi connectivity index (χ3v) is 3.33. The molecular weight excluding hydrogens is 203 g/mol. The molecule has 0 radical (unpaired) electrons. The minimum atomic E-state index is -1.46. The number of aliphatic carboxylic acids is 1. The minimum absolute atomic E-state index is 0.361. The molecule has 0 unspecified atom stereocenters. The van der Waals surface area contributed by atoms with Crippen LogP contribution in [0, 0.1) is 0 Å². The summed E-state index contributed by atoms with van der Waals surface area (Å²) in [7, 11) is 0. The fourth-order valence-corrected chi connectivity index (χ4v) is 2.67. The summed E-state index contributed by atoms with van der Waals surface area (Å²) < 4.78 is 13.3. The Bertz CT molecular complexity index is 406. The molecule has 74 valence electrons. The van der Waals surface area contributed by atoms with Crippen LogP contribution in [0.15, 0.2) is 17.3 Å². The van der Waals surface area contributed by atoms with Gasteiger partial charge in [-0.1, -0.05) is 0 Å². The van der Waals surface area contributed by atoms with Gasteiger partial charge in [-0.2, -0.15) is 4.39 Å². The second-order valence-electron chi connectivity index (χ2n) is 3.21. The quantitative estimate of drug-likeness (QED) is 0.727. The summed E-state index contributed by atoms with van der Waals surface area (Å²) in [4.78, 5) is 11.6. The highest BCUT2D eigenvalue weighted by Crippen LogP contribution is 2.36. The molecule has 1 heterocycles. The van der Waals surface area contributed by atoms with Gasteiger partial charge in [-0.15, -0.1) is 11.3 Å². The third kappa shape index (κ3) is 1.46. The normalized spacial score (nSPS) is 18.9. The van der Waals surface area contributed by atoms with E-state index in [1.54, 1.807) is 17.4 Å². The van der Waals surface area contributed by atoms with E-state index in [2.05, 4.69) is 0 Å². The smallest absolute Gasteiger partial charge is 0.365 e. The maximum absolute atomic E-state index is 13.3. The lowest BCUT2D eigenvalue weighted by Crippen LogP contribution is -2.04. The average Bonchev–Trinajstić information content (AvgIpc) is 2.63. The van der Waals surface area contributed by atoms with Gasteiger partial charge in [-0.3, -0.25) is 0 Å². The molecule has 0 aromatic carbocycles. The summed E-state index contributed by atoms with van der Waals surface area (Å²) in [6.45, 7) is 0. The molecule has 2 nitrogen and oxygen atoms in total. The number of allylic oxidation sites excluding steroid dienone is 1. The van der Waals surface area contributed by atoms with Crippen molar-refractivity contribution in [3.05, 3.63) is 27.7 Å². The van der Waals surface area contributed by atoms with Gasteiger partial charge in [0, 0.05) is 10.5 Å². The van der Waals surface area contributed by atoms with Crippen LogP contribution in [-0.4, -0.2) is 11.1 Å². The molecule has 0 amide bonds. The molecule has 14 heavy (non-hydrogen) atoms. The standard InChI is InChI=1S/C10H9FO2S/c11-9(10(12)13)7-2-1-3-8-6(7)4-5-14-8/h4-5H,1-3H2,(H,12,13)/b9-7+. The van der Waals surface area contributed by atoms with Crippen molar-refractivity contribution in [3.8, 4) is 0 Å². The van der Waals surface area contributed by atoms with E-state index in [0.717, 1.165) is 23.3 Å². The molecule has 0 aliphatic heterocycles. The van der Waals surface area contributed by atoms with Crippen LogP contribution in [0.5, 0.6) is 0 Å². The van der Waals surface area contributed by atoms with E-state index in [0.29, 0.717) is 12.0 Å². The molecule has 2 rings (SSSR count). The van der Waals surface area contributed by atoms with Crippen molar-refractivity contribution < 1.29 is 14.3 Å². The number of hydrogen-bond acceptors (Lipinski definition) is 2. The Kier molecular flexibility index (Phi) is 2.37. The van der Waals surface area contributed by atoms with Crippen molar-refractivity contribution in [1.82, 2.24) is 0 Å². The van der Waals surface area contributed by atoms with Crippen molar-refractivity contribution in [2.75, 3.05) is 0 Å². The lowest BCUT2D eigenvalue weighted by Gasteiger charge is -2.14. The van der Waals surface area contributed by atoms with Crippen LogP contribution in [0.2, 0.25) is 0 Å². The van der Waals surface area contributed by atoms with Crippen LogP contribution < -0.4 is 0 Å². The number of thiophene rings is 1. The number of carbonyl (C=O) groups is 1. The first-order chi connectivity index (χ1) is 6.70. The topological polar surface area (TPSA) is 37.3 Å². The Balaban J connectivity index is 2.51. The zero-order chi connectivity index (χ0) is 10.1. The summed E-state index contributed by atoms with van der Waals surface area (Å²) >= 11 is 1.56. The van der Waals surface area contributed by atoms with Crippen LogP contribution in [-0.2, 0) is 11.2 Å². The SMILES string of the molecule is O=C(O)/C(F)=C1/CCCc2sccc21. The van der Waals surface area contributed by atoms with Gasteiger partial charge in [0.1, 0.15) is 0 Å². The highest BCUT2D eigenvalue weighted by molar-refractivity contribution is 7.10. The van der Waals surface area contributed by atoms with E-state index in [1.165, 1.54) is 0 Å². The molecule has 0 spiro atoms. The fourth-order valence-electron chi connectivity index (χ4n) is 1.72. The van der Waals surface area contributed by atoms with Gasteiger partial charge >= 0.3 is 5.97 Å². The zero-order valence-electron chi connectivity index (χ0n) is 7.42. The van der Waals surface area contributed by atoms with Gasteiger partial charge < -0.3 is 5.11 Å². The van der Waals surface area contributed by atoms with E-state index >= 15 is 0 Å². The third-order valence-electron chi connectivity index (χ3n) is 2.35. The molecule has 1 aromatic rings. The second kappa shape index (κ2) is 3.53. The molecule has 0 bridgehead atoms. The first kappa shape index (κ1) is 9.40. The van der Waals surface area contributed by atoms with Crippen LogP contribution >= 0.6 is 11.3 Å². The highest BCUT2D eigenvalue weighted by Gasteiger charge is 2.22. The Morgan fingerprint density at radius 2 is 2.29 bits per heavy atom. The van der Waals surface area contributed by atoms with E-state index in [-0.39, 0.29) is 0 Å². The van der Waals surface area contributed by atoms with Gasteiger partial charge in [0.2, 0.25) is 5.83 Å². The summed E-state index contributed by atoms with van der Waals surface area (Å²) in [6.07, 6.45) is 2.30. The van der Waals surface area contributed by atoms with Crippen LogP contribution in [0.25, 0.3) is 5.57 Å². The largest absolute Gasteiger partial charge is 0.476 e. The van der Waals surface area contributed by atoms with Gasteiger partial charge in [-0.05, 0) is 36.3 Å². The lowest BCUT2D eigenvalue weighted by molar-refractivity contribution is -0.134. The molecule has 0 fully saturated rings. The molecule has 1 N–H and O–H groups in total. The molecule has 1 aliphatic rings. The van der Waals surface area contributed by atoms with Crippen molar-refractivity contribution >= 4 is 22.9 Å². The van der Waals surface area contributed by atoms with E-state index in [9.17, 15) is 9.18 Å². The second-order valence-corrected chi connectivity index (χ2v) is 4.21. The fraction of sp³-hybridized carbons (Fsp3) is 0.300. The number of halogens is 1. The van der Waals surface area contributed by atoms with Gasteiger partial charge in [-0.25, -0.2) is 4.79 Å². The van der Waals surface area contributed by atoms with Crippen molar-refractivity contribution in [2.45, 2.75) is 19.3 Å². The number of rotatable bonds is 1. The summed E-state index contributed by atoms with van der Waals surface area (Å²) in [5.41, 5.74) is 1.15. The summed E-state index contributed by atoms with van der Waals surface area (Å²) in [5.74, 6) is -2.46. The predicted octanol–water partition coefficient (Wildman–Crippen LogP) is 2.85. The monoisotopic (exact) mass is 212 g/mol. The average molecular weight is 212 g/mol. The Morgan fingerprint density at radius 3 is 3.00 bits per heavy atom. The minimum Gasteiger partial charge on any atom is -0.476 e. The number of hydrogen-bond donors (Lipinski definition) is 1. The van der Waals surface area contributed by atoms with E-state index < -0.39 is 11.8 Å². The molecule has 4 heteroatoms. The number of aryl methyl sites for hydroxylation is 1. The predicted molar refractivity (Wildman–Crippen MR) is 52.9 cm³/mol. The number of carboxylic acids is 1. The molecule has 0 atom stereocenters. The van der Waals surface area contributed by atoms with Crippen LogP contribution in [0.3, 0.4) is 0 Å². The zero-order valence-corrected chi connectivity index (χ0v) is 8.23. The first-order valence-electron chi connectivity index (χ1n) is 4.39. The number of fused-ring (bicyclic) bond motifs is 1.